The van der Waals surface area contributed by atoms with Crippen molar-refractivity contribution in [3.05, 3.63) is 47.1 Å². The van der Waals surface area contributed by atoms with Crippen LogP contribution >= 0.6 is 11.3 Å². The van der Waals surface area contributed by atoms with Crippen molar-refractivity contribution in [3.63, 3.8) is 0 Å². The lowest BCUT2D eigenvalue weighted by molar-refractivity contribution is 0.0969. The highest BCUT2D eigenvalue weighted by molar-refractivity contribution is 7.89. The van der Waals surface area contributed by atoms with Crippen molar-refractivity contribution in [1.29, 1.82) is 0 Å². The summed E-state index contributed by atoms with van der Waals surface area (Å²) in [4.78, 5) is 22.1. The second-order valence-electron chi connectivity index (χ2n) is 6.60. The van der Waals surface area contributed by atoms with Gasteiger partial charge in [-0.2, -0.15) is 0 Å². The zero-order valence-electron chi connectivity index (χ0n) is 15.8. The number of anilines is 1. The summed E-state index contributed by atoms with van der Waals surface area (Å²) in [5, 5.41) is 2.79. The predicted molar refractivity (Wildman–Crippen MR) is 112 cm³/mol. The van der Waals surface area contributed by atoms with E-state index >= 15 is 0 Å². The Hall–Kier alpha value is -2.82. The number of nitrogens with zero attached hydrogens (tertiary/aromatic N) is 3. The maximum Gasteiger partial charge on any atom is 0.261 e. The fraction of sp³-hybridized carbons (Fsp3) is 0.211. The third-order valence-electron chi connectivity index (χ3n) is 4.82. The van der Waals surface area contributed by atoms with E-state index in [0.717, 1.165) is 16.0 Å². The van der Waals surface area contributed by atoms with Gasteiger partial charge in [0.1, 0.15) is 10.7 Å². The molecule has 0 fully saturated rings. The van der Waals surface area contributed by atoms with E-state index < -0.39 is 10.0 Å². The number of aromatic nitrogens is 2. The third kappa shape index (κ3) is 3.39. The van der Waals surface area contributed by atoms with E-state index in [2.05, 4.69) is 15.3 Å². The number of sulfonamides is 1. The summed E-state index contributed by atoms with van der Waals surface area (Å²) in [6.45, 7) is 2.66. The first-order valence-electron chi connectivity index (χ1n) is 8.91. The second-order valence-corrected chi connectivity index (χ2v) is 9.70. The van der Waals surface area contributed by atoms with E-state index in [9.17, 15) is 13.2 Å². The monoisotopic (exact) mass is 429 g/mol. The van der Waals surface area contributed by atoms with E-state index in [4.69, 9.17) is 5.73 Å². The number of hydrogen-bond acceptors (Lipinski definition) is 7. The second kappa shape index (κ2) is 7.21. The number of carbonyl (C=O) groups is 1. The molecule has 1 aliphatic rings. The molecule has 0 atom stereocenters. The standard InChI is InChI=1S/C19H19N5O3S2/c1-3-24(2)29(26,27)13-4-5-15(21-10-13)11-6-14(18(20)22-8-11)16-7-12-9-23-19(25)17(12)28-16/h4-8,10H,3,9H2,1-2H3,(H2,20,22)(H,23,25). The van der Waals surface area contributed by atoms with Crippen LogP contribution in [0.4, 0.5) is 5.82 Å². The van der Waals surface area contributed by atoms with E-state index in [0.29, 0.717) is 35.0 Å². The predicted octanol–water partition coefficient (Wildman–Crippen LogP) is 2.34. The van der Waals surface area contributed by atoms with Gasteiger partial charge in [-0.05, 0) is 29.8 Å². The molecule has 3 N–H and O–H groups in total. The molecule has 0 radical (unpaired) electrons. The van der Waals surface area contributed by atoms with Crippen molar-refractivity contribution in [2.24, 2.45) is 0 Å². The number of pyridine rings is 2. The van der Waals surface area contributed by atoms with Crippen LogP contribution < -0.4 is 11.1 Å². The Labute approximate surface area is 172 Å². The zero-order valence-corrected chi connectivity index (χ0v) is 17.5. The minimum absolute atomic E-state index is 0.0746. The first kappa shape index (κ1) is 19.5. The first-order valence-corrected chi connectivity index (χ1v) is 11.2. The van der Waals surface area contributed by atoms with Gasteiger partial charge < -0.3 is 11.1 Å². The molecule has 1 amide bonds. The highest BCUT2D eigenvalue weighted by Crippen LogP contribution is 2.37. The molecule has 29 heavy (non-hydrogen) atoms. The Morgan fingerprint density at radius 2 is 2.03 bits per heavy atom. The summed E-state index contributed by atoms with van der Waals surface area (Å²) >= 11 is 1.38. The normalized spacial score (nSPS) is 13.6. The van der Waals surface area contributed by atoms with E-state index in [-0.39, 0.29) is 10.8 Å². The zero-order chi connectivity index (χ0) is 20.8. The van der Waals surface area contributed by atoms with Crippen LogP contribution in [-0.2, 0) is 16.6 Å². The van der Waals surface area contributed by atoms with E-state index in [1.807, 2.05) is 12.1 Å². The third-order valence-corrected chi connectivity index (χ3v) is 7.95. The molecule has 0 saturated heterocycles. The van der Waals surface area contributed by atoms with Crippen LogP contribution in [0.2, 0.25) is 0 Å². The number of fused-ring (bicyclic) bond motifs is 1. The number of carbonyl (C=O) groups excluding carboxylic acids is 1. The molecule has 4 rings (SSSR count). The molecular formula is C19H19N5O3S2. The molecule has 3 aromatic rings. The smallest absolute Gasteiger partial charge is 0.261 e. The van der Waals surface area contributed by atoms with Crippen LogP contribution in [0.1, 0.15) is 22.2 Å². The van der Waals surface area contributed by atoms with Crippen LogP contribution in [-0.4, -0.2) is 42.2 Å². The molecule has 4 heterocycles. The Morgan fingerprint density at radius 3 is 2.69 bits per heavy atom. The van der Waals surface area contributed by atoms with Gasteiger partial charge in [0.15, 0.2) is 0 Å². The summed E-state index contributed by atoms with van der Waals surface area (Å²) in [5.41, 5.74) is 9.04. The lowest BCUT2D eigenvalue weighted by Crippen LogP contribution is -2.26. The molecule has 3 aromatic heterocycles. The Morgan fingerprint density at radius 1 is 1.24 bits per heavy atom. The Balaban J connectivity index is 1.69. The summed E-state index contributed by atoms with van der Waals surface area (Å²) in [7, 11) is -2.02. The molecule has 10 heteroatoms. The Bertz CT molecular complexity index is 1200. The minimum Gasteiger partial charge on any atom is -0.383 e. The SMILES string of the molecule is CCN(C)S(=O)(=O)c1ccc(-c2cnc(N)c(-c3cc4c(s3)C(=O)NC4)c2)nc1. The Kier molecular flexibility index (Phi) is 4.85. The highest BCUT2D eigenvalue weighted by Gasteiger charge is 2.24. The molecule has 1 aliphatic heterocycles. The summed E-state index contributed by atoms with van der Waals surface area (Å²) in [5.74, 6) is 0.285. The average molecular weight is 430 g/mol. The molecule has 8 nitrogen and oxygen atoms in total. The fourth-order valence-electron chi connectivity index (χ4n) is 3.01. The number of nitrogen functional groups attached to an aromatic ring is 1. The van der Waals surface area contributed by atoms with Gasteiger partial charge in [0.2, 0.25) is 10.0 Å². The van der Waals surface area contributed by atoms with Crippen LogP contribution in [0.3, 0.4) is 0 Å². The van der Waals surface area contributed by atoms with Crippen LogP contribution in [0.15, 0.2) is 41.6 Å². The van der Waals surface area contributed by atoms with Gasteiger partial charge in [-0.25, -0.2) is 17.7 Å². The maximum atomic E-state index is 12.4. The largest absolute Gasteiger partial charge is 0.383 e. The lowest BCUT2D eigenvalue weighted by Gasteiger charge is -2.14. The van der Waals surface area contributed by atoms with E-state index in [1.54, 1.807) is 19.2 Å². The van der Waals surface area contributed by atoms with Gasteiger partial charge in [-0.15, -0.1) is 11.3 Å². The summed E-state index contributed by atoms with van der Waals surface area (Å²) in [6, 6.07) is 6.98. The molecule has 0 spiro atoms. The van der Waals surface area contributed by atoms with Gasteiger partial charge in [-0.1, -0.05) is 6.92 Å². The first-order chi connectivity index (χ1) is 13.8. The van der Waals surface area contributed by atoms with Crippen molar-refractivity contribution < 1.29 is 13.2 Å². The molecule has 0 bridgehead atoms. The topological polar surface area (TPSA) is 118 Å². The van der Waals surface area contributed by atoms with Crippen molar-refractivity contribution in [2.45, 2.75) is 18.4 Å². The fourth-order valence-corrected chi connectivity index (χ4v) is 5.25. The van der Waals surface area contributed by atoms with Crippen LogP contribution in [0, 0.1) is 0 Å². The molecule has 0 aromatic carbocycles. The summed E-state index contributed by atoms with van der Waals surface area (Å²) < 4.78 is 26.1. The number of nitrogens with two attached hydrogens (primary N) is 1. The number of amides is 1. The highest BCUT2D eigenvalue weighted by atomic mass is 32.2. The maximum absolute atomic E-state index is 12.4. The molecular weight excluding hydrogens is 410 g/mol. The average Bonchev–Trinajstić information content (AvgIpc) is 3.30. The minimum atomic E-state index is -3.55. The number of rotatable bonds is 5. The van der Waals surface area contributed by atoms with Gasteiger partial charge in [0.05, 0.1) is 10.6 Å². The van der Waals surface area contributed by atoms with Gasteiger partial charge >= 0.3 is 0 Å². The van der Waals surface area contributed by atoms with Crippen molar-refractivity contribution in [2.75, 3.05) is 19.3 Å². The van der Waals surface area contributed by atoms with Crippen LogP contribution in [0.25, 0.3) is 21.7 Å². The van der Waals surface area contributed by atoms with E-state index in [1.165, 1.54) is 35.0 Å². The molecule has 0 saturated carbocycles. The van der Waals surface area contributed by atoms with Gasteiger partial charge in [0, 0.05) is 48.5 Å². The number of nitrogens with one attached hydrogen (secondary N) is 1. The summed E-state index contributed by atoms with van der Waals surface area (Å²) in [6.07, 6.45) is 2.94. The van der Waals surface area contributed by atoms with Crippen LogP contribution in [0.5, 0.6) is 0 Å². The number of hydrogen-bond donors (Lipinski definition) is 2. The molecule has 0 unspecified atom stereocenters. The number of thiophene rings is 1. The van der Waals surface area contributed by atoms with Crippen molar-refractivity contribution >= 4 is 33.1 Å². The lowest BCUT2D eigenvalue weighted by atomic mass is 10.1. The quantitative estimate of drug-likeness (QED) is 0.643. The molecule has 0 aliphatic carbocycles. The van der Waals surface area contributed by atoms with Crippen molar-refractivity contribution in [3.8, 4) is 21.7 Å². The molecule has 150 valence electrons. The van der Waals surface area contributed by atoms with Crippen molar-refractivity contribution in [1.82, 2.24) is 19.6 Å². The van der Waals surface area contributed by atoms with Gasteiger partial charge in [0.25, 0.3) is 5.91 Å². The van der Waals surface area contributed by atoms with Gasteiger partial charge in [-0.3, -0.25) is 9.78 Å².